The molecular formula is C27H25N3O5. The van der Waals surface area contributed by atoms with Crippen LogP contribution in [-0.4, -0.2) is 35.5 Å². The van der Waals surface area contributed by atoms with Gasteiger partial charge in [-0.2, -0.15) is 0 Å². The van der Waals surface area contributed by atoms with E-state index in [-0.39, 0.29) is 5.57 Å². The molecule has 4 rings (SSSR count). The Balaban J connectivity index is 1.75. The van der Waals surface area contributed by atoms with Gasteiger partial charge in [0.15, 0.2) is 0 Å². The Bertz CT molecular complexity index is 1410. The van der Waals surface area contributed by atoms with Gasteiger partial charge < -0.3 is 9.30 Å². The Kier molecular flexibility index (Phi) is 6.13. The lowest BCUT2D eigenvalue weighted by Gasteiger charge is -2.26. The summed E-state index contributed by atoms with van der Waals surface area (Å²) in [6.07, 6.45) is 1.50. The number of carbonyl (C=O) groups is 4. The quantitative estimate of drug-likeness (QED) is 0.350. The first-order chi connectivity index (χ1) is 16.6. The lowest BCUT2D eigenvalue weighted by molar-refractivity contribution is -0.122. The fourth-order valence-electron chi connectivity index (χ4n) is 4.20. The van der Waals surface area contributed by atoms with E-state index in [0.717, 1.165) is 33.1 Å². The Morgan fingerprint density at radius 2 is 1.63 bits per heavy atom. The topological polar surface area (TPSA) is 97.7 Å². The summed E-state index contributed by atoms with van der Waals surface area (Å²) in [4.78, 5) is 51.1. The summed E-state index contributed by atoms with van der Waals surface area (Å²) in [5.41, 5.74) is 5.71. The summed E-state index contributed by atoms with van der Waals surface area (Å²) in [5, 5.41) is 2.26. The lowest BCUT2D eigenvalue weighted by Crippen LogP contribution is -2.54. The lowest BCUT2D eigenvalue weighted by atomic mass is 10.1. The number of rotatable bonds is 4. The molecule has 35 heavy (non-hydrogen) atoms. The van der Waals surface area contributed by atoms with Crippen molar-refractivity contribution in [2.45, 2.75) is 27.7 Å². The predicted molar refractivity (Wildman–Crippen MR) is 132 cm³/mol. The van der Waals surface area contributed by atoms with Gasteiger partial charge in [0.05, 0.1) is 18.4 Å². The number of aryl methyl sites for hydroxylation is 3. The minimum absolute atomic E-state index is 0.136. The third-order valence-electron chi connectivity index (χ3n) is 6.02. The van der Waals surface area contributed by atoms with E-state index in [1.54, 1.807) is 36.4 Å². The highest BCUT2D eigenvalue weighted by Gasteiger charge is 2.37. The van der Waals surface area contributed by atoms with E-state index >= 15 is 0 Å². The van der Waals surface area contributed by atoms with Crippen molar-refractivity contribution in [3.8, 4) is 5.69 Å². The van der Waals surface area contributed by atoms with Crippen molar-refractivity contribution in [3.05, 3.63) is 87.7 Å². The molecule has 0 atom stereocenters. The Morgan fingerprint density at radius 1 is 0.943 bits per heavy atom. The van der Waals surface area contributed by atoms with Crippen LogP contribution in [-0.2, 0) is 14.3 Å². The summed E-state index contributed by atoms with van der Waals surface area (Å²) in [6.45, 7) is 7.58. The minimum atomic E-state index is -0.784. The largest absolute Gasteiger partial charge is 0.465 e. The van der Waals surface area contributed by atoms with Crippen molar-refractivity contribution in [1.29, 1.82) is 0 Å². The second-order valence-electron chi connectivity index (χ2n) is 8.45. The highest BCUT2D eigenvalue weighted by atomic mass is 16.5. The Labute approximate surface area is 202 Å². The van der Waals surface area contributed by atoms with Crippen LogP contribution in [0.5, 0.6) is 0 Å². The number of nitrogens with zero attached hydrogens (tertiary/aromatic N) is 2. The van der Waals surface area contributed by atoms with Crippen LogP contribution in [0.2, 0.25) is 0 Å². The van der Waals surface area contributed by atoms with Gasteiger partial charge in [-0.15, -0.1) is 0 Å². The van der Waals surface area contributed by atoms with Crippen molar-refractivity contribution in [2.24, 2.45) is 0 Å². The van der Waals surface area contributed by atoms with Gasteiger partial charge in [-0.1, -0.05) is 17.7 Å². The molecular weight excluding hydrogens is 446 g/mol. The predicted octanol–water partition coefficient (Wildman–Crippen LogP) is 4.16. The first-order valence-corrected chi connectivity index (χ1v) is 11.0. The first kappa shape index (κ1) is 23.7. The molecule has 0 unspecified atom stereocenters. The normalized spacial score (nSPS) is 14.9. The van der Waals surface area contributed by atoms with Gasteiger partial charge in [0, 0.05) is 17.1 Å². The SMILES string of the molecule is COC(=O)c1ccc(-n2c(C)cc(/C=C3\C(=O)NC(=O)N(c4ccc(C)cc4)C3=O)c2C)c(C)c1. The molecule has 2 aromatic carbocycles. The molecule has 2 heterocycles. The molecule has 1 aliphatic rings. The van der Waals surface area contributed by atoms with Crippen LogP contribution >= 0.6 is 0 Å². The van der Waals surface area contributed by atoms with Crippen LogP contribution in [0.15, 0.2) is 54.1 Å². The average Bonchev–Trinajstić information content (AvgIpc) is 3.09. The molecule has 1 fully saturated rings. The van der Waals surface area contributed by atoms with Gasteiger partial charge in [0.1, 0.15) is 5.57 Å². The fourth-order valence-corrected chi connectivity index (χ4v) is 4.20. The van der Waals surface area contributed by atoms with Gasteiger partial charge in [0.2, 0.25) is 0 Å². The summed E-state index contributed by atoms with van der Waals surface area (Å²) < 4.78 is 6.78. The van der Waals surface area contributed by atoms with Crippen LogP contribution in [0.1, 0.15) is 38.4 Å². The summed E-state index contributed by atoms with van der Waals surface area (Å²) >= 11 is 0. The van der Waals surface area contributed by atoms with Gasteiger partial charge in [0.25, 0.3) is 11.8 Å². The van der Waals surface area contributed by atoms with E-state index in [9.17, 15) is 19.2 Å². The van der Waals surface area contributed by atoms with Crippen molar-refractivity contribution < 1.29 is 23.9 Å². The summed E-state index contributed by atoms with van der Waals surface area (Å²) in [6, 6.07) is 13.2. The zero-order chi connectivity index (χ0) is 25.4. The number of anilines is 1. The van der Waals surface area contributed by atoms with Crippen LogP contribution in [0, 0.1) is 27.7 Å². The number of imide groups is 2. The number of carbonyl (C=O) groups excluding carboxylic acids is 4. The van der Waals surface area contributed by atoms with Crippen LogP contribution in [0.4, 0.5) is 10.5 Å². The molecule has 178 valence electrons. The minimum Gasteiger partial charge on any atom is -0.465 e. The summed E-state index contributed by atoms with van der Waals surface area (Å²) in [5.74, 6) is -1.85. The standard InChI is InChI=1S/C27H25N3O5/c1-15-6-9-21(10-7-15)30-25(32)22(24(31)28-27(30)34)14-20-13-17(3)29(18(20)4)23-11-8-19(12-16(23)2)26(33)35-5/h6-14H,1-5H3,(H,28,31,34)/b22-14+. The number of benzene rings is 2. The molecule has 0 radical (unpaired) electrons. The molecule has 8 heteroatoms. The highest BCUT2D eigenvalue weighted by Crippen LogP contribution is 2.28. The van der Waals surface area contributed by atoms with E-state index in [2.05, 4.69) is 5.32 Å². The van der Waals surface area contributed by atoms with Gasteiger partial charge in [-0.3, -0.25) is 14.9 Å². The number of methoxy groups -OCH3 is 1. The Hall–Kier alpha value is -4.46. The Morgan fingerprint density at radius 3 is 2.26 bits per heavy atom. The second kappa shape index (κ2) is 9.06. The number of barbiturate groups is 1. The number of hydrogen-bond donors (Lipinski definition) is 1. The molecule has 1 aromatic heterocycles. The van der Waals surface area contributed by atoms with E-state index in [1.165, 1.54) is 13.2 Å². The second-order valence-corrected chi connectivity index (χ2v) is 8.45. The van der Waals surface area contributed by atoms with E-state index in [0.29, 0.717) is 16.8 Å². The van der Waals surface area contributed by atoms with E-state index in [4.69, 9.17) is 4.74 Å². The zero-order valence-electron chi connectivity index (χ0n) is 20.1. The molecule has 3 aromatic rings. The maximum absolute atomic E-state index is 13.2. The molecule has 0 aliphatic carbocycles. The highest BCUT2D eigenvalue weighted by molar-refractivity contribution is 6.39. The van der Waals surface area contributed by atoms with Crippen LogP contribution in [0.25, 0.3) is 11.8 Å². The van der Waals surface area contributed by atoms with Gasteiger partial charge in [-0.25, -0.2) is 14.5 Å². The van der Waals surface area contributed by atoms with Crippen molar-refractivity contribution in [3.63, 3.8) is 0 Å². The van der Waals surface area contributed by atoms with Crippen molar-refractivity contribution in [1.82, 2.24) is 9.88 Å². The van der Waals surface area contributed by atoms with Crippen LogP contribution < -0.4 is 10.2 Å². The smallest absolute Gasteiger partial charge is 0.337 e. The molecule has 8 nitrogen and oxygen atoms in total. The number of aromatic nitrogens is 1. The number of nitrogens with one attached hydrogen (secondary N) is 1. The number of urea groups is 1. The fraction of sp³-hybridized carbons (Fsp3) is 0.185. The monoisotopic (exact) mass is 471 g/mol. The van der Waals surface area contributed by atoms with E-state index < -0.39 is 23.8 Å². The molecule has 1 saturated heterocycles. The average molecular weight is 472 g/mol. The maximum Gasteiger partial charge on any atom is 0.337 e. The number of esters is 1. The molecule has 0 bridgehead atoms. The molecule has 1 N–H and O–H groups in total. The van der Waals surface area contributed by atoms with Crippen LogP contribution in [0.3, 0.4) is 0 Å². The molecule has 0 spiro atoms. The maximum atomic E-state index is 13.2. The first-order valence-electron chi connectivity index (χ1n) is 11.0. The van der Waals surface area contributed by atoms with Crippen molar-refractivity contribution in [2.75, 3.05) is 12.0 Å². The number of ether oxygens (including phenoxy) is 1. The molecule has 1 aliphatic heterocycles. The number of amides is 4. The van der Waals surface area contributed by atoms with E-state index in [1.807, 2.05) is 44.4 Å². The van der Waals surface area contributed by atoms with Crippen molar-refractivity contribution >= 4 is 35.6 Å². The summed E-state index contributed by atoms with van der Waals surface area (Å²) in [7, 11) is 1.34. The molecule has 4 amide bonds. The zero-order valence-corrected chi connectivity index (χ0v) is 20.1. The number of hydrogen-bond acceptors (Lipinski definition) is 5. The molecule has 0 saturated carbocycles. The third-order valence-corrected chi connectivity index (χ3v) is 6.02. The van der Waals surface area contributed by atoms with Gasteiger partial charge in [-0.05, 0) is 81.3 Å². The third kappa shape index (κ3) is 4.26. The van der Waals surface area contributed by atoms with Gasteiger partial charge >= 0.3 is 12.0 Å².